The summed E-state index contributed by atoms with van der Waals surface area (Å²) in [6.45, 7) is 2.97. The zero-order valence-electron chi connectivity index (χ0n) is 16.8. The average Bonchev–Trinajstić information content (AvgIpc) is 3.62. The van der Waals surface area contributed by atoms with Gasteiger partial charge in [-0.1, -0.05) is 6.92 Å². The van der Waals surface area contributed by atoms with E-state index in [0.29, 0.717) is 35.9 Å². The molecular formula is C22H27N3O4. The highest BCUT2D eigenvalue weighted by Crippen LogP contribution is 2.47. The van der Waals surface area contributed by atoms with Gasteiger partial charge in [0, 0.05) is 17.6 Å². The molecule has 2 unspecified atom stereocenters. The van der Waals surface area contributed by atoms with Crippen LogP contribution in [0, 0.1) is 5.92 Å². The molecule has 0 bridgehead atoms. The van der Waals surface area contributed by atoms with E-state index < -0.39 is 6.03 Å². The molecule has 2 atom stereocenters. The number of carbonyl (C=O) groups excluding carboxylic acids is 2. The summed E-state index contributed by atoms with van der Waals surface area (Å²) in [6, 6.07) is 10.8. The van der Waals surface area contributed by atoms with Crippen LogP contribution >= 0.6 is 0 Å². The van der Waals surface area contributed by atoms with Gasteiger partial charge in [0.15, 0.2) is 0 Å². The number of hydrogen-bond acceptors (Lipinski definition) is 5. The molecular weight excluding hydrogens is 370 g/mol. The number of nitrogens with one attached hydrogen (secondary N) is 2. The predicted molar refractivity (Wildman–Crippen MR) is 109 cm³/mol. The molecule has 7 heteroatoms. The molecule has 154 valence electrons. The van der Waals surface area contributed by atoms with Crippen molar-refractivity contribution >= 4 is 17.6 Å². The van der Waals surface area contributed by atoms with Gasteiger partial charge in [-0.05, 0) is 61.6 Å². The maximum atomic E-state index is 12.4. The molecule has 3 amide bonds. The third-order valence-corrected chi connectivity index (χ3v) is 5.53. The number of furan rings is 1. The molecule has 4 rings (SSSR count). The van der Waals surface area contributed by atoms with Crippen molar-refractivity contribution in [1.29, 1.82) is 0 Å². The zero-order chi connectivity index (χ0) is 20.4. The summed E-state index contributed by atoms with van der Waals surface area (Å²) in [5.74, 6) is 3.54. The number of rotatable bonds is 8. The molecule has 2 saturated carbocycles. The number of methoxy groups -OCH3 is 1. The Kier molecular flexibility index (Phi) is 5.58. The van der Waals surface area contributed by atoms with Crippen LogP contribution in [0.2, 0.25) is 0 Å². The molecule has 0 spiro atoms. The zero-order valence-corrected chi connectivity index (χ0v) is 16.8. The van der Waals surface area contributed by atoms with Gasteiger partial charge in [0.2, 0.25) is 5.91 Å². The van der Waals surface area contributed by atoms with E-state index in [4.69, 9.17) is 9.15 Å². The van der Waals surface area contributed by atoms with Crippen LogP contribution in [0.1, 0.15) is 43.6 Å². The number of urea groups is 1. The lowest BCUT2D eigenvalue weighted by Crippen LogP contribution is -2.42. The predicted octanol–water partition coefficient (Wildman–Crippen LogP) is 3.72. The molecule has 2 aliphatic carbocycles. The lowest BCUT2D eigenvalue weighted by atomic mass is 10.3. The fourth-order valence-corrected chi connectivity index (χ4v) is 3.54. The van der Waals surface area contributed by atoms with E-state index in [9.17, 15) is 9.59 Å². The van der Waals surface area contributed by atoms with E-state index in [1.54, 1.807) is 31.4 Å². The Bertz CT molecular complexity index is 872. The van der Waals surface area contributed by atoms with Crippen molar-refractivity contribution in [1.82, 2.24) is 10.2 Å². The highest BCUT2D eigenvalue weighted by atomic mass is 16.5. The quantitative estimate of drug-likeness (QED) is 0.709. The highest BCUT2D eigenvalue weighted by molar-refractivity contribution is 6.01. The van der Waals surface area contributed by atoms with Gasteiger partial charge >= 0.3 is 6.03 Å². The first-order valence-corrected chi connectivity index (χ1v) is 10.1. The van der Waals surface area contributed by atoms with Crippen molar-refractivity contribution in [3.8, 4) is 5.75 Å². The number of anilines is 1. The van der Waals surface area contributed by atoms with E-state index in [-0.39, 0.29) is 12.5 Å². The number of nitrogens with zero attached hydrogens (tertiary/aromatic N) is 1. The molecule has 0 aliphatic heterocycles. The van der Waals surface area contributed by atoms with Crippen LogP contribution in [0.15, 0.2) is 40.8 Å². The van der Waals surface area contributed by atoms with Crippen LogP contribution in [-0.4, -0.2) is 36.5 Å². The van der Waals surface area contributed by atoms with Crippen molar-refractivity contribution < 1.29 is 18.7 Å². The minimum atomic E-state index is -0.543. The molecule has 29 heavy (non-hydrogen) atoms. The molecule has 2 fully saturated rings. The van der Waals surface area contributed by atoms with Gasteiger partial charge in [0.1, 0.15) is 17.3 Å². The van der Waals surface area contributed by atoms with Gasteiger partial charge in [0.25, 0.3) is 0 Å². The Balaban J connectivity index is 1.28. The van der Waals surface area contributed by atoms with Crippen LogP contribution in [0.3, 0.4) is 0 Å². The third-order valence-electron chi connectivity index (χ3n) is 5.53. The van der Waals surface area contributed by atoms with Crippen LogP contribution in [0.25, 0.3) is 0 Å². The van der Waals surface area contributed by atoms with E-state index in [1.807, 2.05) is 6.07 Å². The number of hydrogen-bond donors (Lipinski definition) is 2. The lowest BCUT2D eigenvalue weighted by Gasteiger charge is -2.20. The maximum Gasteiger partial charge on any atom is 0.325 e. The Morgan fingerprint density at radius 1 is 1.17 bits per heavy atom. The standard InChI is InChI=1S/C22H27N3O4/c1-14-11-19(14)20-10-9-18(29-20)12-25(16-5-6-16)13-21(26)24-22(27)23-15-3-7-17(28-2)8-4-15/h3-4,7-10,14,16,19H,5-6,11-13H2,1-2H3,(H2,23,24,26,27). The SMILES string of the molecule is COc1ccc(NC(=O)NC(=O)CN(Cc2ccc(C3CC3C)o2)C2CC2)cc1. The van der Waals surface area contributed by atoms with Crippen molar-refractivity contribution in [3.05, 3.63) is 47.9 Å². The number of amides is 3. The fraction of sp³-hybridized carbons (Fsp3) is 0.455. The number of imide groups is 1. The largest absolute Gasteiger partial charge is 0.497 e. The Hall–Kier alpha value is -2.80. The first-order valence-electron chi connectivity index (χ1n) is 10.1. The van der Waals surface area contributed by atoms with Gasteiger partial charge in [-0.15, -0.1) is 0 Å². The first-order chi connectivity index (χ1) is 14.0. The average molecular weight is 397 g/mol. The third kappa shape index (κ3) is 5.17. The van der Waals surface area contributed by atoms with Gasteiger partial charge in [0.05, 0.1) is 20.2 Å². The summed E-state index contributed by atoms with van der Waals surface area (Å²) in [4.78, 5) is 26.6. The molecule has 2 aromatic rings. The van der Waals surface area contributed by atoms with Crippen LogP contribution < -0.4 is 15.4 Å². The van der Waals surface area contributed by atoms with Gasteiger partial charge in [-0.2, -0.15) is 0 Å². The smallest absolute Gasteiger partial charge is 0.325 e. The maximum absolute atomic E-state index is 12.4. The van der Waals surface area contributed by atoms with E-state index in [1.165, 1.54) is 6.42 Å². The minimum absolute atomic E-state index is 0.163. The second-order valence-corrected chi connectivity index (χ2v) is 7.99. The van der Waals surface area contributed by atoms with E-state index in [2.05, 4.69) is 28.5 Å². The van der Waals surface area contributed by atoms with Crippen LogP contribution in [0.5, 0.6) is 5.75 Å². The van der Waals surface area contributed by atoms with Crippen LogP contribution in [-0.2, 0) is 11.3 Å². The summed E-state index contributed by atoms with van der Waals surface area (Å²) < 4.78 is 11.1. The summed E-state index contributed by atoms with van der Waals surface area (Å²) in [6.07, 6.45) is 3.32. The minimum Gasteiger partial charge on any atom is -0.497 e. The summed E-state index contributed by atoms with van der Waals surface area (Å²) in [5.41, 5.74) is 0.590. The molecule has 1 aromatic carbocycles. The van der Waals surface area contributed by atoms with Gasteiger partial charge in [-0.25, -0.2) is 4.79 Å². The summed E-state index contributed by atoms with van der Waals surface area (Å²) in [7, 11) is 1.58. The Morgan fingerprint density at radius 3 is 2.52 bits per heavy atom. The normalized spacial score (nSPS) is 20.4. The molecule has 1 heterocycles. The second-order valence-electron chi connectivity index (χ2n) is 7.99. The van der Waals surface area contributed by atoms with Crippen LogP contribution in [0.4, 0.5) is 10.5 Å². The number of carbonyl (C=O) groups is 2. The van der Waals surface area contributed by atoms with Gasteiger partial charge < -0.3 is 14.5 Å². The second kappa shape index (κ2) is 8.29. The molecule has 0 radical (unpaired) electrons. The number of benzene rings is 1. The van der Waals surface area contributed by atoms with Crippen molar-refractivity contribution in [2.75, 3.05) is 19.0 Å². The lowest BCUT2D eigenvalue weighted by molar-refractivity contribution is -0.121. The Labute approximate surface area is 170 Å². The van der Waals surface area contributed by atoms with E-state index >= 15 is 0 Å². The topological polar surface area (TPSA) is 83.8 Å². The number of ether oxygens (including phenoxy) is 1. The summed E-state index contributed by atoms with van der Waals surface area (Å²) in [5, 5.41) is 5.06. The molecule has 2 aliphatic rings. The first kappa shape index (κ1) is 19.5. The molecule has 2 N–H and O–H groups in total. The van der Waals surface area contributed by atoms with Crippen molar-refractivity contribution in [2.45, 2.75) is 44.7 Å². The summed E-state index contributed by atoms with van der Waals surface area (Å²) >= 11 is 0. The molecule has 7 nitrogen and oxygen atoms in total. The highest BCUT2D eigenvalue weighted by Gasteiger charge is 2.37. The fourth-order valence-electron chi connectivity index (χ4n) is 3.54. The molecule has 0 saturated heterocycles. The van der Waals surface area contributed by atoms with Crippen molar-refractivity contribution in [2.24, 2.45) is 5.92 Å². The molecule has 1 aromatic heterocycles. The monoisotopic (exact) mass is 397 g/mol. The van der Waals surface area contributed by atoms with Crippen molar-refractivity contribution in [3.63, 3.8) is 0 Å². The Morgan fingerprint density at radius 2 is 1.90 bits per heavy atom. The van der Waals surface area contributed by atoms with Gasteiger partial charge in [-0.3, -0.25) is 15.0 Å². The van der Waals surface area contributed by atoms with E-state index in [0.717, 1.165) is 24.4 Å².